The van der Waals surface area contributed by atoms with Crippen LogP contribution in [0.25, 0.3) is 0 Å². The third kappa shape index (κ3) is 9.72. The van der Waals surface area contributed by atoms with E-state index in [0.29, 0.717) is 34.7 Å². The third-order valence-corrected chi connectivity index (χ3v) is 21.5. The maximum Gasteiger partial charge on any atom is 0.340 e. The van der Waals surface area contributed by atoms with E-state index in [4.69, 9.17) is 18.9 Å². The van der Waals surface area contributed by atoms with Crippen LogP contribution in [0, 0.1) is 13.8 Å². The van der Waals surface area contributed by atoms with Crippen LogP contribution in [0.1, 0.15) is 200 Å². The highest BCUT2D eigenvalue weighted by Crippen LogP contribution is 2.60. The van der Waals surface area contributed by atoms with Crippen LogP contribution in [0.15, 0.2) is 158 Å². The first-order chi connectivity index (χ1) is 43.8. The Bertz CT molecular complexity index is 3790. The standard InChI is InChI=1S/C80H86N4O6/c1-9-12-44-83(70-50-68-72(46-52(70)4)87-74-48-60(81(7)56-24-16-14-17-25-56)40-42-66(74)79(68)64-30-22-20-28-62(64)76(85)89-79)58-36-32-54(33-37-58)78(6,11-3)55-34-38-59(39-35-55)84(45-13-10-2)71-51-69-73(47-53(71)5)88-75-49-61(82(8)57-26-18-15-19-27-57)41-43-67(75)80(69)65-31-23-21-29-63(65)77(86)90-80/h20-23,28-43,46-51,56-57H,9-19,24-27,44-45H2,1-8H3. The summed E-state index contributed by atoms with van der Waals surface area (Å²) in [7, 11) is 4.41. The minimum absolute atomic E-state index is 0.299. The summed E-state index contributed by atoms with van der Waals surface area (Å²) < 4.78 is 27.5. The van der Waals surface area contributed by atoms with Gasteiger partial charge in [-0.05, 0) is 166 Å². The van der Waals surface area contributed by atoms with Crippen molar-refractivity contribution in [2.75, 3.05) is 46.8 Å². The van der Waals surface area contributed by atoms with Crippen molar-refractivity contribution in [1.82, 2.24) is 0 Å². The molecule has 0 N–H and O–H groups in total. The molecule has 2 atom stereocenters. The topological polar surface area (TPSA) is 84.0 Å². The zero-order valence-corrected chi connectivity index (χ0v) is 53.9. The van der Waals surface area contributed by atoms with Gasteiger partial charge < -0.3 is 38.5 Å². The molecule has 4 heterocycles. The molecule has 10 heteroatoms. The molecule has 2 unspecified atom stereocenters. The number of hydrogen-bond donors (Lipinski definition) is 0. The predicted octanol–water partition coefficient (Wildman–Crippen LogP) is 19.6. The summed E-state index contributed by atoms with van der Waals surface area (Å²) in [6.07, 6.45) is 17.2. The zero-order chi connectivity index (χ0) is 62.1. The molecular weight excluding hydrogens is 1110 g/mol. The van der Waals surface area contributed by atoms with Crippen molar-refractivity contribution in [1.29, 1.82) is 0 Å². The number of unbranched alkanes of at least 4 members (excludes halogenated alkanes) is 2. The van der Waals surface area contributed by atoms with E-state index >= 15 is 0 Å². The summed E-state index contributed by atoms with van der Waals surface area (Å²) in [4.78, 5) is 37.9. The zero-order valence-electron chi connectivity index (χ0n) is 53.9. The van der Waals surface area contributed by atoms with Gasteiger partial charge in [-0.1, -0.05) is 140 Å². The van der Waals surface area contributed by atoms with Crippen molar-refractivity contribution < 1.29 is 28.5 Å². The van der Waals surface area contributed by atoms with Crippen molar-refractivity contribution in [3.05, 3.63) is 224 Å². The highest BCUT2D eigenvalue weighted by molar-refractivity contribution is 5.98. The Kier molecular flexibility index (Phi) is 15.6. The van der Waals surface area contributed by atoms with Crippen LogP contribution < -0.4 is 29.1 Å². The smallest absolute Gasteiger partial charge is 0.340 e. The Hall–Kier alpha value is -8.50. The van der Waals surface area contributed by atoms with Crippen LogP contribution >= 0.6 is 0 Å². The van der Waals surface area contributed by atoms with Crippen molar-refractivity contribution >= 4 is 46.1 Å². The minimum atomic E-state index is -1.19. The summed E-state index contributed by atoms with van der Waals surface area (Å²) in [6, 6.07) is 56.9. The summed E-state index contributed by atoms with van der Waals surface area (Å²) in [5.74, 6) is 2.20. The maximum absolute atomic E-state index is 14.1. The number of ether oxygens (including phenoxy) is 4. The van der Waals surface area contributed by atoms with Gasteiger partial charge in [0, 0.05) is 124 Å². The summed E-state index contributed by atoms with van der Waals surface area (Å²) >= 11 is 0. The van der Waals surface area contributed by atoms with E-state index in [-0.39, 0.29) is 17.4 Å². The molecule has 0 radical (unpaired) electrons. The number of aryl methyl sites for hydroxylation is 2. The summed E-state index contributed by atoms with van der Waals surface area (Å²) in [5.41, 5.74) is 14.7. The van der Waals surface area contributed by atoms with Gasteiger partial charge in [-0.25, -0.2) is 9.59 Å². The first kappa shape index (κ1) is 59.1. The number of carbonyl (C=O) groups is 2. The molecule has 4 aliphatic heterocycles. The van der Waals surface area contributed by atoms with E-state index in [1.165, 1.54) is 75.3 Å². The first-order valence-electron chi connectivity index (χ1n) is 33.6. The monoisotopic (exact) mass is 1200 g/mol. The Balaban J connectivity index is 0.781. The molecule has 2 aliphatic carbocycles. The van der Waals surface area contributed by atoms with Crippen LogP contribution in [0.3, 0.4) is 0 Å². The molecule has 8 aromatic rings. The molecule has 10 nitrogen and oxygen atoms in total. The minimum Gasteiger partial charge on any atom is -0.456 e. The van der Waals surface area contributed by atoms with Crippen molar-refractivity contribution in [2.45, 2.75) is 167 Å². The number of anilines is 6. The predicted molar refractivity (Wildman–Crippen MR) is 363 cm³/mol. The Morgan fingerprint density at radius 2 is 0.822 bits per heavy atom. The molecule has 2 spiro atoms. The second kappa shape index (κ2) is 23.7. The van der Waals surface area contributed by atoms with Gasteiger partial charge in [0.2, 0.25) is 0 Å². The fourth-order valence-electron chi connectivity index (χ4n) is 16.0. The van der Waals surface area contributed by atoms with Gasteiger partial charge in [-0.15, -0.1) is 0 Å². The lowest BCUT2D eigenvalue weighted by Gasteiger charge is -2.39. The van der Waals surface area contributed by atoms with Crippen LogP contribution in [0.5, 0.6) is 23.0 Å². The lowest BCUT2D eigenvalue weighted by Crippen LogP contribution is -2.35. The molecule has 0 amide bonds. The van der Waals surface area contributed by atoms with Crippen LogP contribution in [-0.2, 0) is 26.1 Å². The lowest BCUT2D eigenvalue weighted by molar-refractivity contribution is 0.0214. The van der Waals surface area contributed by atoms with E-state index in [2.05, 4.69) is 197 Å². The highest BCUT2D eigenvalue weighted by atomic mass is 16.6. The number of hydrogen-bond acceptors (Lipinski definition) is 10. The summed E-state index contributed by atoms with van der Waals surface area (Å²) in [6.45, 7) is 15.1. The van der Waals surface area contributed by atoms with E-state index < -0.39 is 11.2 Å². The van der Waals surface area contributed by atoms with E-state index in [0.717, 1.165) is 135 Å². The normalized spacial score (nSPS) is 19.5. The van der Waals surface area contributed by atoms with Gasteiger partial charge in [-0.2, -0.15) is 0 Å². The first-order valence-corrected chi connectivity index (χ1v) is 33.6. The molecule has 2 saturated carbocycles. The number of esters is 2. The molecular formula is C80H86N4O6. The average Bonchev–Trinajstić information content (AvgIpc) is 1.43. The molecule has 462 valence electrons. The van der Waals surface area contributed by atoms with E-state index in [9.17, 15) is 9.59 Å². The molecule has 8 aromatic carbocycles. The highest BCUT2D eigenvalue weighted by Gasteiger charge is 2.56. The second-order valence-electron chi connectivity index (χ2n) is 26.7. The van der Waals surface area contributed by atoms with Gasteiger partial charge in [0.15, 0.2) is 11.2 Å². The quantitative estimate of drug-likeness (QED) is 0.0822. The maximum atomic E-state index is 14.1. The average molecular weight is 1200 g/mol. The molecule has 0 bridgehead atoms. The molecule has 2 fully saturated rings. The van der Waals surface area contributed by atoms with E-state index in [1.807, 2.05) is 36.4 Å². The van der Waals surface area contributed by atoms with Crippen LogP contribution in [0.2, 0.25) is 0 Å². The number of rotatable bonds is 17. The van der Waals surface area contributed by atoms with Crippen molar-refractivity contribution in [2.24, 2.45) is 0 Å². The molecule has 0 saturated heterocycles. The molecule has 14 rings (SSSR count). The van der Waals surface area contributed by atoms with Crippen molar-refractivity contribution in [3.8, 4) is 23.0 Å². The largest absolute Gasteiger partial charge is 0.456 e. The second-order valence-corrected chi connectivity index (χ2v) is 26.7. The van der Waals surface area contributed by atoms with Crippen molar-refractivity contribution in [3.63, 3.8) is 0 Å². The fraction of sp³-hybridized carbons (Fsp3) is 0.375. The van der Waals surface area contributed by atoms with Gasteiger partial charge in [0.25, 0.3) is 0 Å². The lowest BCUT2D eigenvalue weighted by atomic mass is 9.74. The number of nitrogens with zero attached hydrogens (tertiary/aromatic N) is 4. The van der Waals surface area contributed by atoms with Crippen LogP contribution in [0.4, 0.5) is 34.1 Å². The Labute approximate surface area is 532 Å². The molecule has 0 aromatic heterocycles. The fourth-order valence-corrected chi connectivity index (χ4v) is 16.0. The van der Waals surface area contributed by atoms with E-state index in [1.54, 1.807) is 0 Å². The van der Waals surface area contributed by atoms with Gasteiger partial charge in [0.05, 0.1) is 11.1 Å². The van der Waals surface area contributed by atoms with Gasteiger partial charge in [-0.3, -0.25) is 0 Å². The number of carbonyl (C=O) groups excluding carboxylic acids is 2. The molecule has 6 aliphatic rings. The van der Waals surface area contributed by atoms with Gasteiger partial charge in [0.1, 0.15) is 23.0 Å². The molecule has 90 heavy (non-hydrogen) atoms. The Morgan fingerprint density at radius 1 is 0.444 bits per heavy atom. The SMILES string of the molecule is CCCCN(c1ccc(C(C)(CC)c2ccc(N(CCCC)c3cc4c(cc3C)Oc3cc(N(C)C5CCCCC5)ccc3C43OC(=O)c4ccccc43)cc2)cc1)c1cc2c(cc1C)Oc1cc(N(C)C3CCCCC3)ccc1C21OC(=O)c2ccccc21. The third-order valence-electron chi connectivity index (χ3n) is 21.5. The Morgan fingerprint density at radius 3 is 1.21 bits per heavy atom. The number of fused-ring (bicyclic) bond motifs is 12. The van der Waals surface area contributed by atoms with Crippen LogP contribution in [-0.4, -0.2) is 51.2 Å². The van der Waals surface area contributed by atoms with Gasteiger partial charge >= 0.3 is 11.9 Å². The number of benzene rings is 8. The summed E-state index contributed by atoms with van der Waals surface area (Å²) in [5, 5.41) is 0.